The Morgan fingerprint density at radius 3 is 2.41 bits per heavy atom. The number of amides is 2. The first-order valence-corrected chi connectivity index (χ1v) is 11.3. The predicted molar refractivity (Wildman–Crippen MR) is 116 cm³/mol. The molecule has 2 atom stereocenters. The third-order valence-corrected chi connectivity index (χ3v) is 6.79. The molecule has 1 saturated heterocycles. The van der Waals surface area contributed by atoms with Gasteiger partial charge in [-0.05, 0) is 49.1 Å². The second kappa shape index (κ2) is 8.45. The van der Waals surface area contributed by atoms with Crippen LogP contribution in [-0.4, -0.2) is 23.9 Å². The van der Waals surface area contributed by atoms with Crippen molar-refractivity contribution in [3.05, 3.63) is 58.1 Å². The fourth-order valence-electron chi connectivity index (χ4n) is 5.05. The van der Waals surface area contributed by atoms with Crippen LogP contribution in [-0.2, 0) is 16.0 Å². The van der Waals surface area contributed by atoms with E-state index in [0.29, 0.717) is 23.6 Å². The monoisotopic (exact) mass is 460 g/mol. The molecular formula is C24H23ClF2N2O3. The maximum Gasteiger partial charge on any atom is 0.234 e. The summed E-state index contributed by atoms with van der Waals surface area (Å²) < 4.78 is 35.7. The van der Waals surface area contributed by atoms with Crippen molar-refractivity contribution in [2.24, 2.45) is 0 Å². The van der Waals surface area contributed by atoms with Crippen molar-refractivity contribution >= 4 is 29.1 Å². The topological polar surface area (TPSA) is 58.6 Å². The second-order valence-electron chi connectivity index (χ2n) is 8.69. The van der Waals surface area contributed by atoms with E-state index in [1.807, 2.05) is 0 Å². The third kappa shape index (κ3) is 3.88. The molecule has 3 aliphatic rings. The van der Waals surface area contributed by atoms with E-state index in [1.54, 1.807) is 6.07 Å². The summed E-state index contributed by atoms with van der Waals surface area (Å²) >= 11 is 6.11. The van der Waals surface area contributed by atoms with Crippen LogP contribution in [0.2, 0.25) is 5.02 Å². The molecular weight excluding hydrogens is 438 g/mol. The molecule has 1 saturated carbocycles. The molecule has 0 radical (unpaired) electrons. The second-order valence-corrected chi connectivity index (χ2v) is 9.13. The summed E-state index contributed by atoms with van der Waals surface area (Å²) in [5, 5.41) is 3.84. The van der Waals surface area contributed by atoms with Crippen LogP contribution in [0.3, 0.4) is 0 Å². The average Bonchev–Trinajstić information content (AvgIpc) is 3.45. The van der Waals surface area contributed by atoms with Crippen molar-refractivity contribution in [3.63, 3.8) is 0 Å². The number of ether oxygens (including phenoxy) is 1. The van der Waals surface area contributed by atoms with Gasteiger partial charge in [-0.1, -0.05) is 24.4 Å². The van der Waals surface area contributed by atoms with Gasteiger partial charge >= 0.3 is 0 Å². The number of hydrogen-bond donors (Lipinski definition) is 1. The molecule has 8 heteroatoms. The van der Waals surface area contributed by atoms with Gasteiger partial charge in [0, 0.05) is 35.5 Å². The molecule has 1 heterocycles. The summed E-state index contributed by atoms with van der Waals surface area (Å²) in [5.74, 6) is -1.80. The fraction of sp³-hybridized carbons (Fsp3) is 0.417. The van der Waals surface area contributed by atoms with Crippen LogP contribution in [0.1, 0.15) is 55.8 Å². The summed E-state index contributed by atoms with van der Waals surface area (Å²) in [6, 6.07) is 7.09. The number of halogens is 3. The van der Waals surface area contributed by atoms with E-state index in [2.05, 4.69) is 5.32 Å². The Balaban J connectivity index is 1.44. The molecule has 1 N–H and O–H groups in total. The highest BCUT2D eigenvalue weighted by atomic mass is 35.5. The number of benzene rings is 2. The average molecular weight is 461 g/mol. The number of imide groups is 1. The van der Waals surface area contributed by atoms with Gasteiger partial charge in [-0.2, -0.15) is 0 Å². The first kappa shape index (κ1) is 21.3. The van der Waals surface area contributed by atoms with Crippen molar-refractivity contribution in [2.75, 3.05) is 4.90 Å². The van der Waals surface area contributed by atoms with Crippen molar-refractivity contribution in [1.29, 1.82) is 0 Å². The van der Waals surface area contributed by atoms with Gasteiger partial charge in [0.1, 0.15) is 11.9 Å². The highest BCUT2D eigenvalue weighted by Crippen LogP contribution is 2.40. The minimum Gasteiger partial charge on any atom is -0.481 e. The normalized spacial score (nSPS) is 23.3. The van der Waals surface area contributed by atoms with Gasteiger partial charge in [0.05, 0.1) is 11.7 Å². The molecule has 2 aromatic rings. The smallest absolute Gasteiger partial charge is 0.234 e. The van der Waals surface area contributed by atoms with Crippen molar-refractivity contribution in [1.82, 2.24) is 5.32 Å². The maximum atomic E-state index is 15.0. The number of carbonyl (C=O) groups is 2. The Hall–Kier alpha value is -2.51. The number of hydrogen-bond acceptors (Lipinski definition) is 4. The summed E-state index contributed by atoms with van der Waals surface area (Å²) in [4.78, 5) is 24.9. The Morgan fingerprint density at radius 2 is 1.72 bits per heavy atom. The summed E-state index contributed by atoms with van der Waals surface area (Å²) in [7, 11) is 0. The number of nitrogens with zero attached hydrogens (tertiary/aromatic N) is 1. The molecule has 2 fully saturated rings. The van der Waals surface area contributed by atoms with E-state index in [9.17, 15) is 18.4 Å². The minimum atomic E-state index is -0.689. The zero-order chi connectivity index (χ0) is 22.4. The number of anilines is 1. The van der Waals surface area contributed by atoms with Crippen molar-refractivity contribution in [2.45, 2.75) is 63.1 Å². The lowest BCUT2D eigenvalue weighted by atomic mass is 10.1. The summed E-state index contributed by atoms with van der Waals surface area (Å²) in [6.07, 6.45) is 4.44. The van der Waals surface area contributed by atoms with Crippen LogP contribution < -0.4 is 15.0 Å². The third-order valence-electron chi connectivity index (χ3n) is 6.57. The number of carbonyl (C=O) groups excluding carboxylic acids is 2. The first-order valence-electron chi connectivity index (χ1n) is 11.0. The van der Waals surface area contributed by atoms with Gasteiger partial charge in [0.25, 0.3) is 0 Å². The van der Waals surface area contributed by atoms with E-state index in [1.165, 1.54) is 18.2 Å². The van der Waals surface area contributed by atoms with Gasteiger partial charge in [-0.3, -0.25) is 14.5 Å². The molecule has 168 valence electrons. The van der Waals surface area contributed by atoms with Gasteiger partial charge < -0.3 is 10.1 Å². The Labute approximate surface area is 189 Å². The van der Waals surface area contributed by atoms with E-state index >= 15 is 0 Å². The molecule has 5 rings (SSSR count). The van der Waals surface area contributed by atoms with Crippen LogP contribution >= 0.6 is 11.6 Å². The molecule has 0 aromatic heterocycles. The van der Waals surface area contributed by atoms with E-state index in [0.717, 1.165) is 36.6 Å². The number of fused-ring (bicyclic) bond motifs is 1. The number of nitrogens with one attached hydrogen (secondary N) is 1. The highest BCUT2D eigenvalue weighted by Gasteiger charge is 2.38. The van der Waals surface area contributed by atoms with Gasteiger partial charge in [0.15, 0.2) is 11.6 Å². The molecule has 0 spiro atoms. The minimum absolute atomic E-state index is 0.0238. The molecule has 2 amide bonds. The maximum absolute atomic E-state index is 15.0. The molecule has 2 aliphatic carbocycles. The van der Waals surface area contributed by atoms with Crippen molar-refractivity contribution in [3.8, 4) is 5.75 Å². The molecule has 0 unspecified atom stereocenters. The van der Waals surface area contributed by atoms with E-state index in [4.69, 9.17) is 16.3 Å². The van der Waals surface area contributed by atoms with Gasteiger partial charge in [0.2, 0.25) is 11.8 Å². The van der Waals surface area contributed by atoms with E-state index in [-0.39, 0.29) is 47.2 Å². The van der Waals surface area contributed by atoms with Gasteiger partial charge in [-0.25, -0.2) is 8.78 Å². The van der Waals surface area contributed by atoms with Crippen molar-refractivity contribution < 1.29 is 23.1 Å². The van der Waals surface area contributed by atoms with Gasteiger partial charge in [-0.15, -0.1) is 0 Å². The quantitative estimate of drug-likeness (QED) is 0.648. The van der Waals surface area contributed by atoms with Crippen LogP contribution in [0, 0.1) is 11.6 Å². The largest absolute Gasteiger partial charge is 0.481 e. The Bertz CT molecular complexity index is 1070. The molecule has 2 aromatic carbocycles. The lowest BCUT2D eigenvalue weighted by Crippen LogP contribution is -2.41. The Kier molecular flexibility index (Phi) is 5.63. The number of rotatable bonds is 5. The lowest BCUT2D eigenvalue weighted by Gasteiger charge is -2.26. The fourth-order valence-corrected chi connectivity index (χ4v) is 5.26. The van der Waals surface area contributed by atoms with E-state index < -0.39 is 17.7 Å². The zero-order valence-electron chi connectivity index (χ0n) is 17.4. The zero-order valence-corrected chi connectivity index (χ0v) is 18.1. The summed E-state index contributed by atoms with van der Waals surface area (Å²) in [5.41, 5.74) is 1.32. The standard InChI is InChI=1S/C24H23ClF2N2O3/c25-13-9-17-16(18(26)10-13)12-20(28-14-3-1-2-4-14)24(17)32-21-6-5-15(11-19(21)27)29-22(30)7-8-23(29)31/h5-6,9-11,14,20,24,28H,1-4,7-8,12H2/t20-,24+/m1/s1. The van der Waals surface area contributed by atoms with Crippen LogP contribution in [0.5, 0.6) is 5.75 Å². The SMILES string of the molecule is O=C1CCC(=O)N1c1ccc(O[C@H]2c3cc(Cl)cc(F)c3C[C@H]2NC2CCCC2)c(F)c1. The highest BCUT2D eigenvalue weighted by molar-refractivity contribution is 6.30. The molecule has 32 heavy (non-hydrogen) atoms. The molecule has 5 nitrogen and oxygen atoms in total. The lowest BCUT2D eigenvalue weighted by molar-refractivity contribution is -0.121. The van der Waals surface area contributed by atoms with Crippen LogP contribution in [0.4, 0.5) is 14.5 Å². The Morgan fingerprint density at radius 1 is 1.00 bits per heavy atom. The van der Waals surface area contributed by atoms with Crippen LogP contribution in [0.25, 0.3) is 0 Å². The first-order chi connectivity index (χ1) is 15.4. The molecule has 0 bridgehead atoms. The molecule has 1 aliphatic heterocycles. The summed E-state index contributed by atoms with van der Waals surface area (Å²) in [6.45, 7) is 0. The predicted octanol–water partition coefficient (Wildman–Crippen LogP) is 4.85. The van der Waals surface area contributed by atoms with Crippen LogP contribution in [0.15, 0.2) is 30.3 Å².